The molecule has 2 aliphatic rings. The van der Waals surface area contributed by atoms with Gasteiger partial charge in [0.2, 0.25) is 5.91 Å². The Kier molecular flexibility index (Phi) is 4.99. The van der Waals surface area contributed by atoms with Crippen LogP contribution in [0.5, 0.6) is 0 Å². The number of rotatable bonds is 3. The van der Waals surface area contributed by atoms with Gasteiger partial charge in [-0.05, 0) is 19.8 Å². The summed E-state index contributed by atoms with van der Waals surface area (Å²) in [4.78, 5) is 25.7. The van der Waals surface area contributed by atoms with E-state index in [1.54, 1.807) is 4.90 Å². The summed E-state index contributed by atoms with van der Waals surface area (Å²) in [6, 6.07) is -0.0679. The van der Waals surface area contributed by atoms with Crippen molar-refractivity contribution in [2.24, 2.45) is 11.8 Å². The van der Waals surface area contributed by atoms with Gasteiger partial charge in [0.25, 0.3) is 0 Å². The number of hydrogen-bond donors (Lipinski definition) is 2. The molecule has 20 heavy (non-hydrogen) atoms. The molecule has 0 spiro atoms. The SMILES string of the molecule is CC1COC(CO)CN1C(=O)C1CCCCC1C(=O)O. The Hall–Kier alpha value is -1.14. The number of aliphatic hydroxyl groups is 1. The average molecular weight is 285 g/mol. The van der Waals surface area contributed by atoms with E-state index >= 15 is 0 Å². The zero-order valence-electron chi connectivity index (χ0n) is 11.8. The third kappa shape index (κ3) is 3.12. The number of carbonyl (C=O) groups is 2. The second kappa shape index (κ2) is 6.54. The fourth-order valence-corrected chi connectivity index (χ4v) is 3.17. The van der Waals surface area contributed by atoms with E-state index in [1.807, 2.05) is 6.92 Å². The molecule has 1 heterocycles. The molecule has 0 aromatic rings. The summed E-state index contributed by atoms with van der Waals surface area (Å²) in [6.45, 7) is 2.51. The van der Waals surface area contributed by atoms with E-state index in [-0.39, 0.29) is 24.7 Å². The Bertz CT molecular complexity index is 373. The van der Waals surface area contributed by atoms with Gasteiger partial charge in [-0.1, -0.05) is 12.8 Å². The molecule has 6 nitrogen and oxygen atoms in total. The van der Waals surface area contributed by atoms with Crippen LogP contribution in [-0.2, 0) is 14.3 Å². The molecule has 114 valence electrons. The van der Waals surface area contributed by atoms with Gasteiger partial charge in [0.05, 0.1) is 37.2 Å². The quantitative estimate of drug-likeness (QED) is 0.788. The van der Waals surface area contributed by atoms with Gasteiger partial charge in [-0.3, -0.25) is 9.59 Å². The van der Waals surface area contributed by atoms with Crippen molar-refractivity contribution < 1.29 is 24.5 Å². The molecule has 2 fully saturated rings. The van der Waals surface area contributed by atoms with Crippen molar-refractivity contribution in [3.63, 3.8) is 0 Å². The van der Waals surface area contributed by atoms with E-state index in [0.29, 0.717) is 26.0 Å². The number of carboxylic acids is 1. The summed E-state index contributed by atoms with van der Waals surface area (Å²) in [6.07, 6.45) is 2.64. The second-order valence-electron chi connectivity index (χ2n) is 5.81. The first-order valence-electron chi connectivity index (χ1n) is 7.30. The molecule has 4 atom stereocenters. The summed E-state index contributed by atoms with van der Waals surface area (Å²) in [5, 5.41) is 18.5. The molecule has 2 N–H and O–H groups in total. The summed E-state index contributed by atoms with van der Waals surface area (Å²) >= 11 is 0. The molecule has 1 amide bonds. The predicted octanol–water partition coefficient (Wildman–Crippen LogP) is 0.486. The van der Waals surface area contributed by atoms with Gasteiger partial charge in [-0.25, -0.2) is 0 Å². The van der Waals surface area contributed by atoms with Crippen LogP contribution in [0.2, 0.25) is 0 Å². The lowest BCUT2D eigenvalue weighted by Crippen LogP contribution is -2.55. The molecule has 4 unspecified atom stereocenters. The van der Waals surface area contributed by atoms with E-state index in [4.69, 9.17) is 4.74 Å². The van der Waals surface area contributed by atoms with Crippen LogP contribution in [0.3, 0.4) is 0 Å². The van der Waals surface area contributed by atoms with Crippen LogP contribution in [-0.4, -0.2) is 58.9 Å². The maximum absolute atomic E-state index is 12.7. The fraction of sp³-hybridized carbons (Fsp3) is 0.857. The molecule has 0 bridgehead atoms. The Labute approximate surface area is 118 Å². The van der Waals surface area contributed by atoms with Crippen LogP contribution in [0.4, 0.5) is 0 Å². The number of morpholine rings is 1. The number of ether oxygens (including phenoxy) is 1. The van der Waals surface area contributed by atoms with E-state index in [0.717, 1.165) is 12.8 Å². The van der Waals surface area contributed by atoms with Gasteiger partial charge in [0, 0.05) is 6.54 Å². The lowest BCUT2D eigenvalue weighted by atomic mass is 9.78. The van der Waals surface area contributed by atoms with E-state index in [2.05, 4.69) is 0 Å². The number of aliphatic hydroxyl groups excluding tert-OH is 1. The molecule has 1 saturated carbocycles. The molecule has 0 aromatic carbocycles. The van der Waals surface area contributed by atoms with Gasteiger partial charge >= 0.3 is 5.97 Å². The minimum absolute atomic E-state index is 0.0679. The zero-order valence-corrected chi connectivity index (χ0v) is 11.8. The summed E-state index contributed by atoms with van der Waals surface area (Å²) in [5.74, 6) is -1.96. The van der Waals surface area contributed by atoms with Gasteiger partial charge < -0.3 is 19.8 Å². The van der Waals surface area contributed by atoms with Gasteiger partial charge in [0.15, 0.2) is 0 Å². The van der Waals surface area contributed by atoms with Crippen LogP contribution in [0.25, 0.3) is 0 Å². The van der Waals surface area contributed by atoms with Crippen molar-refractivity contribution in [3.8, 4) is 0 Å². The van der Waals surface area contributed by atoms with Gasteiger partial charge in [-0.2, -0.15) is 0 Å². The first kappa shape index (κ1) is 15.3. The maximum Gasteiger partial charge on any atom is 0.307 e. The molecule has 1 saturated heterocycles. The van der Waals surface area contributed by atoms with Crippen LogP contribution in [0.15, 0.2) is 0 Å². The smallest absolute Gasteiger partial charge is 0.307 e. The minimum Gasteiger partial charge on any atom is -0.481 e. The Balaban J connectivity index is 2.09. The van der Waals surface area contributed by atoms with Crippen LogP contribution >= 0.6 is 0 Å². The highest BCUT2D eigenvalue weighted by molar-refractivity contribution is 5.85. The number of carboxylic acid groups (broad SMARTS) is 1. The lowest BCUT2D eigenvalue weighted by Gasteiger charge is -2.41. The molecule has 0 aromatic heterocycles. The van der Waals surface area contributed by atoms with E-state index in [1.165, 1.54) is 0 Å². The van der Waals surface area contributed by atoms with Crippen LogP contribution in [0.1, 0.15) is 32.6 Å². The van der Waals surface area contributed by atoms with Crippen molar-refractivity contribution >= 4 is 11.9 Å². The van der Waals surface area contributed by atoms with E-state index in [9.17, 15) is 19.8 Å². The number of carbonyl (C=O) groups excluding carboxylic acids is 1. The number of hydrogen-bond acceptors (Lipinski definition) is 4. The van der Waals surface area contributed by atoms with Crippen molar-refractivity contribution in [2.45, 2.75) is 44.8 Å². The number of aliphatic carboxylic acids is 1. The number of amides is 1. The Morgan fingerprint density at radius 1 is 1.25 bits per heavy atom. The maximum atomic E-state index is 12.7. The molecular weight excluding hydrogens is 262 g/mol. The first-order valence-corrected chi connectivity index (χ1v) is 7.30. The normalized spacial score (nSPS) is 34.8. The largest absolute Gasteiger partial charge is 0.481 e. The molecule has 0 radical (unpaired) electrons. The third-order valence-electron chi connectivity index (χ3n) is 4.39. The molecular formula is C14H23NO5. The Morgan fingerprint density at radius 2 is 1.90 bits per heavy atom. The standard InChI is InChI=1S/C14H23NO5/c1-9-8-20-10(7-16)6-15(9)13(17)11-4-2-3-5-12(11)14(18)19/h9-12,16H,2-8H2,1H3,(H,18,19). The third-order valence-corrected chi connectivity index (χ3v) is 4.39. The summed E-state index contributed by atoms with van der Waals surface area (Å²) in [7, 11) is 0. The van der Waals surface area contributed by atoms with Crippen molar-refractivity contribution in [1.82, 2.24) is 4.90 Å². The van der Waals surface area contributed by atoms with Gasteiger partial charge in [0.1, 0.15) is 0 Å². The fourth-order valence-electron chi connectivity index (χ4n) is 3.17. The zero-order chi connectivity index (χ0) is 14.7. The second-order valence-corrected chi connectivity index (χ2v) is 5.81. The predicted molar refractivity (Wildman–Crippen MR) is 71.1 cm³/mol. The minimum atomic E-state index is -0.873. The van der Waals surface area contributed by atoms with Gasteiger partial charge in [-0.15, -0.1) is 0 Å². The Morgan fingerprint density at radius 3 is 2.50 bits per heavy atom. The average Bonchev–Trinajstić information content (AvgIpc) is 2.47. The van der Waals surface area contributed by atoms with Crippen molar-refractivity contribution in [3.05, 3.63) is 0 Å². The molecule has 1 aliphatic carbocycles. The highest BCUT2D eigenvalue weighted by Crippen LogP contribution is 2.32. The monoisotopic (exact) mass is 285 g/mol. The molecule has 1 aliphatic heterocycles. The molecule has 2 rings (SSSR count). The van der Waals surface area contributed by atoms with E-state index < -0.39 is 17.8 Å². The van der Waals surface area contributed by atoms with Crippen molar-refractivity contribution in [2.75, 3.05) is 19.8 Å². The summed E-state index contributed by atoms with van der Waals surface area (Å²) < 4.78 is 5.42. The highest BCUT2D eigenvalue weighted by Gasteiger charge is 2.40. The lowest BCUT2D eigenvalue weighted by molar-refractivity contribution is -0.160. The highest BCUT2D eigenvalue weighted by atomic mass is 16.5. The topological polar surface area (TPSA) is 87.1 Å². The number of nitrogens with zero attached hydrogens (tertiary/aromatic N) is 1. The molecule has 6 heteroatoms. The first-order chi connectivity index (χ1) is 9.54. The van der Waals surface area contributed by atoms with Crippen LogP contribution < -0.4 is 0 Å². The van der Waals surface area contributed by atoms with Crippen molar-refractivity contribution in [1.29, 1.82) is 0 Å². The summed E-state index contributed by atoms with van der Waals surface area (Å²) in [5.41, 5.74) is 0. The van der Waals surface area contributed by atoms with Crippen LogP contribution in [0, 0.1) is 11.8 Å².